The largest absolute Gasteiger partial charge is 0.497 e. The molecule has 0 amide bonds. The smallest absolute Gasteiger partial charge is 0.192 e. The molecule has 5 nitrogen and oxygen atoms in total. The maximum atomic E-state index is 15.3. The number of hydrogen-bond donors (Lipinski definition) is 0. The molecule has 46 heavy (non-hydrogen) atoms. The first kappa shape index (κ1) is 36.0. The zero-order valence-corrected chi connectivity index (χ0v) is 33.6. The molecule has 0 heterocycles. The lowest BCUT2D eigenvalue weighted by molar-refractivity contribution is -0.138. The third-order valence-corrected chi connectivity index (χ3v) is 22.9. The van der Waals surface area contributed by atoms with Crippen LogP contribution in [0, 0.1) is 34.5 Å². The Morgan fingerprint density at radius 1 is 0.891 bits per heavy atom. The number of allylic oxidation sites excluding steroid dienone is 1. The maximum Gasteiger partial charge on any atom is 0.192 e. The quantitative estimate of drug-likeness (QED) is 0.194. The molecule has 0 aromatic heterocycles. The second-order valence-corrected chi connectivity index (χ2v) is 28.5. The van der Waals surface area contributed by atoms with Crippen molar-refractivity contribution in [3.8, 4) is 5.75 Å². The first-order valence-corrected chi connectivity index (χ1v) is 23.7. The molecule has 5 rings (SSSR count). The van der Waals surface area contributed by atoms with Crippen LogP contribution in [0.3, 0.4) is 0 Å². The van der Waals surface area contributed by atoms with Gasteiger partial charge in [-0.1, -0.05) is 80.5 Å². The minimum Gasteiger partial charge on any atom is -0.497 e. The van der Waals surface area contributed by atoms with Crippen molar-refractivity contribution in [3.05, 3.63) is 41.5 Å². The molecule has 258 valence electrons. The molecule has 0 saturated heterocycles. The number of rotatable bonds is 9. The lowest BCUT2D eigenvalue weighted by atomic mass is 9.62. The molecule has 7 heteroatoms. The molecule has 4 aliphatic carbocycles. The molecule has 1 aromatic carbocycles. The van der Waals surface area contributed by atoms with E-state index < -0.39 is 22.0 Å². The highest BCUT2D eigenvalue weighted by Crippen LogP contribution is 2.76. The molecule has 0 aliphatic heterocycles. The van der Waals surface area contributed by atoms with E-state index in [1.54, 1.807) is 7.11 Å². The zero-order chi connectivity index (χ0) is 34.3. The number of benzene rings is 1. The van der Waals surface area contributed by atoms with Crippen LogP contribution in [-0.4, -0.2) is 47.8 Å². The zero-order valence-electron chi connectivity index (χ0n) is 31.6. The average Bonchev–Trinajstić information content (AvgIpc) is 3.24. The third-order valence-electron chi connectivity index (χ3n) is 13.9. The van der Waals surface area contributed by atoms with E-state index in [1.807, 2.05) is 12.1 Å². The fourth-order valence-corrected chi connectivity index (χ4v) is 11.6. The summed E-state index contributed by atoms with van der Waals surface area (Å²) in [7, 11) is -2.38. The van der Waals surface area contributed by atoms with Crippen LogP contribution in [0.4, 0.5) is 0 Å². The van der Waals surface area contributed by atoms with Crippen molar-refractivity contribution in [1.82, 2.24) is 0 Å². The molecule has 0 radical (unpaired) electrons. The molecule has 2 bridgehead atoms. The third kappa shape index (κ3) is 5.86. The van der Waals surface area contributed by atoms with E-state index in [0.717, 1.165) is 37.0 Å². The molecular formula is C39H64O5Si2. The Hall–Kier alpha value is -1.26. The SMILES string of the molecule is COc1ccc(COC2C[C@H]3C=C(CO[Si](C)(C)C(C)(C)C)C[C@@H]4C(=O)[C@]3(C2)[C@H](C)C[C@]2(O[Si](C)(C)C(C)(C)C)[C@H]4C2(C)C)cc1. The number of methoxy groups -OCH3 is 1. The highest BCUT2D eigenvalue weighted by Gasteiger charge is 2.80. The van der Waals surface area contributed by atoms with Gasteiger partial charge in [0.25, 0.3) is 0 Å². The molecule has 4 aliphatic rings. The number of ketones is 1. The first-order valence-electron chi connectivity index (χ1n) is 17.8. The van der Waals surface area contributed by atoms with Gasteiger partial charge in [0.2, 0.25) is 0 Å². The molecule has 1 aromatic rings. The summed E-state index contributed by atoms with van der Waals surface area (Å²) < 4.78 is 26.5. The number of ether oxygens (including phenoxy) is 2. The Morgan fingerprint density at radius 3 is 2.07 bits per heavy atom. The van der Waals surface area contributed by atoms with Gasteiger partial charge in [-0.3, -0.25) is 4.79 Å². The van der Waals surface area contributed by atoms with E-state index in [9.17, 15) is 0 Å². The molecule has 3 fully saturated rings. The number of hydrogen-bond acceptors (Lipinski definition) is 5. The Kier molecular flexibility index (Phi) is 9.14. The van der Waals surface area contributed by atoms with Crippen molar-refractivity contribution >= 4 is 22.4 Å². The lowest BCUT2D eigenvalue weighted by Crippen LogP contribution is -2.48. The van der Waals surface area contributed by atoms with Crippen molar-refractivity contribution in [3.63, 3.8) is 0 Å². The molecule has 0 N–H and O–H groups in total. The van der Waals surface area contributed by atoms with E-state index in [4.69, 9.17) is 18.3 Å². The van der Waals surface area contributed by atoms with E-state index in [2.05, 4.69) is 107 Å². The van der Waals surface area contributed by atoms with Crippen LogP contribution >= 0.6 is 0 Å². The van der Waals surface area contributed by atoms with E-state index in [0.29, 0.717) is 19.0 Å². The summed E-state index contributed by atoms with van der Waals surface area (Å²) in [5.74, 6) is 1.86. The van der Waals surface area contributed by atoms with E-state index >= 15 is 4.79 Å². The molecule has 1 spiro atoms. The fourth-order valence-electron chi connectivity index (χ4n) is 8.97. The van der Waals surface area contributed by atoms with Crippen LogP contribution in [0.5, 0.6) is 5.75 Å². The number of fused-ring (bicyclic) bond motifs is 3. The topological polar surface area (TPSA) is 54.0 Å². The number of carbonyl (C=O) groups excluding carboxylic acids is 1. The first-order chi connectivity index (χ1) is 21.0. The van der Waals surface area contributed by atoms with Gasteiger partial charge in [-0.2, -0.15) is 0 Å². The van der Waals surface area contributed by atoms with Crippen molar-refractivity contribution in [2.75, 3.05) is 13.7 Å². The molecule has 7 atom stereocenters. The van der Waals surface area contributed by atoms with Crippen molar-refractivity contribution in [2.45, 2.75) is 143 Å². The van der Waals surface area contributed by atoms with Gasteiger partial charge in [0.05, 0.1) is 32.0 Å². The summed E-state index contributed by atoms with van der Waals surface area (Å²) in [5.41, 5.74) is 1.71. The summed E-state index contributed by atoms with van der Waals surface area (Å²) in [6.45, 7) is 31.7. The second-order valence-electron chi connectivity index (χ2n) is 19.0. The normalized spacial score (nSPS) is 34.3. The molecular weight excluding hydrogens is 605 g/mol. The van der Waals surface area contributed by atoms with Gasteiger partial charge in [0, 0.05) is 17.3 Å². The summed E-state index contributed by atoms with van der Waals surface area (Å²) in [6.07, 6.45) is 5.95. The van der Waals surface area contributed by atoms with Crippen LogP contribution < -0.4 is 4.74 Å². The van der Waals surface area contributed by atoms with Crippen molar-refractivity contribution in [2.24, 2.45) is 34.5 Å². The average molecular weight is 669 g/mol. The summed E-state index contributed by atoms with van der Waals surface area (Å²) in [5, 5.41) is 0.239. The minimum absolute atomic E-state index is 0.0377. The maximum absolute atomic E-state index is 15.3. The minimum atomic E-state index is -2.11. The summed E-state index contributed by atoms with van der Waals surface area (Å²) in [6, 6.07) is 8.14. The van der Waals surface area contributed by atoms with Gasteiger partial charge in [-0.05, 0) is 102 Å². The predicted molar refractivity (Wildman–Crippen MR) is 193 cm³/mol. The summed E-state index contributed by atoms with van der Waals surface area (Å²) >= 11 is 0. The van der Waals surface area contributed by atoms with Crippen LogP contribution in [0.1, 0.15) is 93.6 Å². The van der Waals surface area contributed by atoms with Crippen molar-refractivity contribution < 1.29 is 23.1 Å². The Balaban J connectivity index is 1.51. The van der Waals surface area contributed by atoms with Gasteiger partial charge in [0.15, 0.2) is 16.6 Å². The Bertz CT molecular complexity index is 1330. The van der Waals surface area contributed by atoms with Crippen LogP contribution in [0.15, 0.2) is 35.9 Å². The van der Waals surface area contributed by atoms with E-state index in [1.165, 1.54) is 5.57 Å². The Morgan fingerprint density at radius 2 is 1.50 bits per heavy atom. The Labute approximate surface area is 282 Å². The molecule has 1 unspecified atom stereocenters. The predicted octanol–water partition coefficient (Wildman–Crippen LogP) is 9.97. The fraction of sp³-hybridized carbons (Fsp3) is 0.769. The van der Waals surface area contributed by atoms with Gasteiger partial charge >= 0.3 is 0 Å². The van der Waals surface area contributed by atoms with Gasteiger partial charge in [0.1, 0.15) is 11.5 Å². The van der Waals surface area contributed by atoms with Gasteiger partial charge in [-0.15, -0.1) is 0 Å². The molecule has 3 saturated carbocycles. The lowest BCUT2D eigenvalue weighted by Gasteiger charge is -2.44. The van der Waals surface area contributed by atoms with Crippen LogP contribution in [0.2, 0.25) is 36.3 Å². The standard InChI is InChI=1S/C39H64O5Si2/c1-26-22-39(44-46(13,14)36(5,6)7)33(37(39,8)9)32-20-28(25-43-45(11,12)35(2,3)4)19-29-21-31(23-38(26,29)34(32)40)42-24-27-15-17-30(41-10)18-16-27/h15-19,26,29,31-33H,20-25H2,1-14H3/t26-,29-,31?,32+,33-,38-,39+/m1/s1. The van der Waals surface area contributed by atoms with Gasteiger partial charge in [-0.25, -0.2) is 0 Å². The van der Waals surface area contributed by atoms with Gasteiger partial charge < -0.3 is 18.3 Å². The van der Waals surface area contributed by atoms with E-state index in [-0.39, 0.29) is 50.9 Å². The van der Waals surface area contributed by atoms with Crippen molar-refractivity contribution in [1.29, 1.82) is 0 Å². The highest BCUT2D eigenvalue weighted by atomic mass is 28.4. The number of carbonyl (C=O) groups is 1. The number of Topliss-reactive ketones (excluding diaryl/α,β-unsaturated/α-hetero) is 1. The monoisotopic (exact) mass is 668 g/mol. The highest BCUT2D eigenvalue weighted by molar-refractivity contribution is 6.74. The van der Waals surface area contributed by atoms with Crippen LogP contribution in [0.25, 0.3) is 0 Å². The van der Waals surface area contributed by atoms with Crippen LogP contribution in [-0.2, 0) is 25.0 Å². The second kappa shape index (κ2) is 11.7. The summed E-state index contributed by atoms with van der Waals surface area (Å²) in [4.78, 5) is 15.3.